The van der Waals surface area contributed by atoms with Crippen molar-refractivity contribution in [3.8, 4) is 12.3 Å². The van der Waals surface area contributed by atoms with Gasteiger partial charge in [0.1, 0.15) is 0 Å². The first kappa shape index (κ1) is 5.90. The van der Waals surface area contributed by atoms with E-state index in [0.29, 0.717) is 5.70 Å². The predicted octanol–water partition coefficient (Wildman–Crippen LogP) is 0.510. The molecule has 2 heteroatoms. The quantitative estimate of drug-likeness (QED) is 0.465. The third kappa shape index (κ3) is 1.11. The first-order valence-electron chi connectivity index (χ1n) is 2.78. The summed E-state index contributed by atoms with van der Waals surface area (Å²) in [7, 11) is 0. The Morgan fingerprint density at radius 3 is 3.11 bits per heavy atom. The molecule has 0 fully saturated rings. The molecule has 1 aliphatic heterocycles. The summed E-state index contributed by atoms with van der Waals surface area (Å²) >= 11 is 0. The van der Waals surface area contributed by atoms with Crippen LogP contribution in [0.3, 0.4) is 0 Å². The first-order valence-corrected chi connectivity index (χ1v) is 2.78. The van der Waals surface area contributed by atoms with Crippen molar-refractivity contribution in [2.75, 3.05) is 0 Å². The molecule has 1 aliphatic rings. The van der Waals surface area contributed by atoms with Crippen LogP contribution in [-0.2, 0) is 0 Å². The summed E-state index contributed by atoms with van der Waals surface area (Å²) in [5.41, 5.74) is 6.19. The average Bonchev–Trinajstić information content (AvgIpc) is 1.89. The fourth-order valence-corrected chi connectivity index (χ4v) is 0.695. The summed E-state index contributed by atoms with van der Waals surface area (Å²) in [5, 5.41) is 0. The normalized spacial score (nSPS) is 24.8. The molecule has 0 amide bonds. The molecule has 0 aromatic heterocycles. The molecule has 0 saturated carbocycles. The van der Waals surface area contributed by atoms with Gasteiger partial charge in [-0.3, -0.25) is 4.99 Å². The van der Waals surface area contributed by atoms with E-state index in [0.717, 1.165) is 6.42 Å². The van der Waals surface area contributed by atoms with Gasteiger partial charge in [-0.25, -0.2) is 0 Å². The van der Waals surface area contributed by atoms with Gasteiger partial charge in [-0.05, 0) is 0 Å². The van der Waals surface area contributed by atoms with Crippen molar-refractivity contribution >= 4 is 6.21 Å². The first-order chi connectivity index (χ1) is 4.34. The van der Waals surface area contributed by atoms with E-state index in [1.165, 1.54) is 0 Å². The van der Waals surface area contributed by atoms with Crippen molar-refractivity contribution in [3.05, 3.63) is 11.9 Å². The number of hydrogen-bond acceptors (Lipinski definition) is 2. The van der Waals surface area contributed by atoms with Crippen LogP contribution in [-0.4, -0.2) is 6.21 Å². The second kappa shape index (κ2) is 2.36. The Kier molecular flexibility index (Phi) is 1.55. The van der Waals surface area contributed by atoms with Gasteiger partial charge in [-0.15, -0.1) is 6.42 Å². The van der Waals surface area contributed by atoms with Crippen LogP contribution in [0.15, 0.2) is 16.9 Å². The van der Waals surface area contributed by atoms with Gasteiger partial charge in [0, 0.05) is 24.5 Å². The standard InChI is InChI=1S/C7H8N2/c1-2-6-3-4-9-5-7(6)8/h1,4-6H,3,8H2. The Morgan fingerprint density at radius 2 is 2.67 bits per heavy atom. The zero-order chi connectivity index (χ0) is 6.69. The second-order valence-electron chi connectivity index (χ2n) is 1.92. The van der Waals surface area contributed by atoms with Gasteiger partial charge in [0.05, 0.1) is 5.92 Å². The van der Waals surface area contributed by atoms with Crippen LogP contribution in [0.4, 0.5) is 0 Å². The molecule has 0 aromatic rings. The Balaban J connectivity index is 2.73. The van der Waals surface area contributed by atoms with E-state index in [-0.39, 0.29) is 5.92 Å². The largest absolute Gasteiger partial charge is 0.400 e. The maximum atomic E-state index is 5.49. The van der Waals surface area contributed by atoms with Gasteiger partial charge in [0.25, 0.3) is 0 Å². The van der Waals surface area contributed by atoms with Gasteiger partial charge < -0.3 is 5.73 Å². The molecule has 1 unspecified atom stereocenters. The van der Waals surface area contributed by atoms with Crippen LogP contribution in [0, 0.1) is 18.3 Å². The number of rotatable bonds is 0. The van der Waals surface area contributed by atoms with Crippen molar-refractivity contribution in [2.45, 2.75) is 6.42 Å². The number of nitrogens with zero attached hydrogens (tertiary/aromatic N) is 1. The Labute approximate surface area is 54.5 Å². The third-order valence-electron chi connectivity index (χ3n) is 1.27. The Morgan fingerprint density at radius 1 is 1.89 bits per heavy atom. The molecule has 0 aromatic carbocycles. The molecule has 0 aliphatic carbocycles. The minimum Gasteiger partial charge on any atom is -0.400 e. The lowest BCUT2D eigenvalue weighted by molar-refractivity contribution is 0.806. The predicted molar refractivity (Wildman–Crippen MR) is 37.7 cm³/mol. The highest BCUT2D eigenvalue weighted by atomic mass is 14.7. The van der Waals surface area contributed by atoms with E-state index < -0.39 is 0 Å². The van der Waals surface area contributed by atoms with Crippen molar-refractivity contribution in [3.63, 3.8) is 0 Å². The molecule has 1 heterocycles. The van der Waals surface area contributed by atoms with E-state index in [9.17, 15) is 0 Å². The lowest BCUT2D eigenvalue weighted by atomic mass is 10.0. The molecular weight excluding hydrogens is 112 g/mol. The number of nitrogens with two attached hydrogens (primary N) is 1. The van der Waals surface area contributed by atoms with Crippen molar-refractivity contribution in [2.24, 2.45) is 16.6 Å². The number of allylic oxidation sites excluding steroid dienone is 1. The summed E-state index contributed by atoms with van der Waals surface area (Å²) < 4.78 is 0. The van der Waals surface area contributed by atoms with Crippen molar-refractivity contribution in [1.82, 2.24) is 0 Å². The molecule has 0 saturated heterocycles. The highest BCUT2D eigenvalue weighted by Gasteiger charge is 2.08. The smallest absolute Gasteiger partial charge is 0.0659 e. The number of hydrogen-bond donors (Lipinski definition) is 1. The zero-order valence-electron chi connectivity index (χ0n) is 5.04. The third-order valence-corrected chi connectivity index (χ3v) is 1.27. The molecule has 2 nitrogen and oxygen atoms in total. The summed E-state index contributed by atoms with van der Waals surface area (Å²) in [5.74, 6) is 2.64. The van der Waals surface area contributed by atoms with E-state index in [2.05, 4.69) is 10.9 Å². The molecule has 0 spiro atoms. The van der Waals surface area contributed by atoms with Crippen LogP contribution in [0.1, 0.15) is 6.42 Å². The number of aliphatic imine (C=N–C) groups is 1. The highest BCUT2D eigenvalue weighted by molar-refractivity contribution is 5.61. The molecule has 0 bridgehead atoms. The lowest BCUT2D eigenvalue weighted by Gasteiger charge is -2.09. The minimum absolute atomic E-state index is 0.0718. The highest BCUT2D eigenvalue weighted by Crippen LogP contribution is 2.10. The van der Waals surface area contributed by atoms with E-state index in [4.69, 9.17) is 12.2 Å². The van der Waals surface area contributed by atoms with Gasteiger partial charge in [0.2, 0.25) is 0 Å². The van der Waals surface area contributed by atoms with Gasteiger partial charge >= 0.3 is 0 Å². The van der Waals surface area contributed by atoms with Gasteiger partial charge in [0.15, 0.2) is 0 Å². The van der Waals surface area contributed by atoms with Gasteiger partial charge in [-0.2, -0.15) is 0 Å². The van der Waals surface area contributed by atoms with E-state index in [1.54, 1.807) is 12.4 Å². The topological polar surface area (TPSA) is 38.4 Å². The van der Waals surface area contributed by atoms with E-state index >= 15 is 0 Å². The maximum Gasteiger partial charge on any atom is 0.0659 e. The molecule has 0 radical (unpaired) electrons. The van der Waals surface area contributed by atoms with Crippen molar-refractivity contribution in [1.29, 1.82) is 0 Å². The minimum atomic E-state index is 0.0718. The summed E-state index contributed by atoms with van der Waals surface area (Å²) in [4.78, 5) is 3.85. The fourth-order valence-electron chi connectivity index (χ4n) is 0.695. The molecule has 2 N–H and O–H groups in total. The fraction of sp³-hybridized carbons (Fsp3) is 0.286. The molecule has 9 heavy (non-hydrogen) atoms. The molecule has 46 valence electrons. The monoisotopic (exact) mass is 120 g/mol. The van der Waals surface area contributed by atoms with Crippen LogP contribution in [0.5, 0.6) is 0 Å². The van der Waals surface area contributed by atoms with Gasteiger partial charge in [-0.1, -0.05) is 5.92 Å². The van der Waals surface area contributed by atoms with Crippen LogP contribution >= 0.6 is 0 Å². The Hall–Kier alpha value is -1.23. The summed E-state index contributed by atoms with van der Waals surface area (Å²) in [6.45, 7) is 0. The van der Waals surface area contributed by atoms with Crippen molar-refractivity contribution < 1.29 is 0 Å². The summed E-state index contributed by atoms with van der Waals surface area (Å²) in [6.07, 6.45) is 9.32. The number of terminal acetylenes is 1. The lowest BCUT2D eigenvalue weighted by Crippen LogP contribution is -2.12. The molecule has 1 atom stereocenters. The van der Waals surface area contributed by atoms with Crippen LogP contribution in [0.25, 0.3) is 0 Å². The molecule has 1 rings (SSSR count). The SMILES string of the molecule is C#CC1CC=NC=C1N. The zero-order valence-corrected chi connectivity index (χ0v) is 5.04. The average molecular weight is 120 g/mol. The molecular formula is C7H8N2. The van der Waals surface area contributed by atoms with E-state index in [1.807, 2.05) is 0 Å². The summed E-state index contributed by atoms with van der Waals surface area (Å²) in [6, 6.07) is 0. The van der Waals surface area contributed by atoms with Crippen LogP contribution < -0.4 is 5.73 Å². The second-order valence-corrected chi connectivity index (χ2v) is 1.92. The maximum absolute atomic E-state index is 5.49. The Bertz CT molecular complexity index is 195. The van der Waals surface area contributed by atoms with Crippen LogP contribution in [0.2, 0.25) is 0 Å².